The van der Waals surface area contributed by atoms with Crippen LogP contribution in [0.25, 0.3) is 0 Å². The molecule has 1 amide bonds. The predicted molar refractivity (Wildman–Crippen MR) is 112 cm³/mol. The van der Waals surface area contributed by atoms with E-state index in [2.05, 4.69) is 10.6 Å². The van der Waals surface area contributed by atoms with Crippen LogP contribution in [0, 0.1) is 5.92 Å². The van der Waals surface area contributed by atoms with Crippen molar-refractivity contribution in [3.8, 4) is 5.75 Å². The van der Waals surface area contributed by atoms with Crippen molar-refractivity contribution < 1.29 is 24.4 Å². The molecule has 0 radical (unpaired) electrons. The molecule has 30 heavy (non-hydrogen) atoms. The minimum Gasteiger partial charge on any atom is -0.534 e. The number of nitrogens with one attached hydrogen (secondary N) is 2. The molecule has 2 aliphatic carbocycles. The van der Waals surface area contributed by atoms with Crippen molar-refractivity contribution in [2.24, 2.45) is 11.7 Å². The highest BCUT2D eigenvalue weighted by Gasteiger charge is 2.39. The molecule has 0 unspecified atom stereocenters. The van der Waals surface area contributed by atoms with E-state index in [0.29, 0.717) is 30.4 Å². The summed E-state index contributed by atoms with van der Waals surface area (Å²) < 4.78 is 5.44. The monoisotopic (exact) mass is 415 g/mol. The fourth-order valence-electron chi connectivity index (χ4n) is 4.50. The number of carboxylic acid groups (broad SMARTS) is 1. The minimum atomic E-state index is -1.27. The highest BCUT2D eigenvalue weighted by Crippen LogP contribution is 2.33. The first-order valence-electron chi connectivity index (χ1n) is 10.8. The highest BCUT2D eigenvalue weighted by atomic mass is 16.5. The smallest absolute Gasteiger partial charge is 0.534 e. The summed E-state index contributed by atoms with van der Waals surface area (Å²) in [4.78, 5) is 23.9. The van der Waals surface area contributed by atoms with E-state index in [9.17, 15) is 19.7 Å². The number of carbonyl (C=O) groups is 2. The third kappa shape index (κ3) is 4.96. The van der Waals surface area contributed by atoms with Crippen LogP contribution >= 0.6 is 0 Å². The van der Waals surface area contributed by atoms with E-state index in [1.807, 2.05) is 0 Å². The maximum absolute atomic E-state index is 12.6. The fourth-order valence-corrected chi connectivity index (χ4v) is 4.50. The SMILES string of the molecule is NC1(CNC2CCC(CC(=O)N[C@H]3Cc4cccc(C(=O)O)c4OB3O)CC2)CC1. The predicted octanol–water partition coefficient (Wildman–Crippen LogP) is 0.854. The zero-order chi connectivity index (χ0) is 21.3. The Morgan fingerprint density at radius 1 is 1.23 bits per heavy atom. The second-order valence-electron chi connectivity index (χ2n) is 9.15. The number of carboxylic acids is 1. The molecule has 3 aliphatic rings. The summed E-state index contributed by atoms with van der Waals surface area (Å²) in [7, 11) is -1.27. The Balaban J connectivity index is 1.24. The molecule has 0 saturated heterocycles. The Hall–Kier alpha value is -2.10. The van der Waals surface area contributed by atoms with Gasteiger partial charge in [0.05, 0.1) is 11.5 Å². The summed E-state index contributed by atoms with van der Waals surface area (Å²) in [6.07, 6.45) is 7.07. The Morgan fingerprint density at radius 2 is 1.97 bits per heavy atom. The Kier molecular flexibility index (Phi) is 6.04. The second kappa shape index (κ2) is 8.57. The normalized spacial score (nSPS) is 27.0. The van der Waals surface area contributed by atoms with Gasteiger partial charge in [-0.1, -0.05) is 12.1 Å². The molecule has 4 rings (SSSR count). The Labute approximate surface area is 176 Å². The number of amides is 1. The molecule has 9 heteroatoms. The van der Waals surface area contributed by atoms with Gasteiger partial charge in [0.15, 0.2) is 0 Å². The van der Waals surface area contributed by atoms with Gasteiger partial charge >= 0.3 is 13.1 Å². The molecule has 162 valence electrons. The first-order valence-corrected chi connectivity index (χ1v) is 10.8. The molecule has 0 aromatic heterocycles. The number of hydrogen-bond donors (Lipinski definition) is 5. The van der Waals surface area contributed by atoms with E-state index in [1.54, 1.807) is 12.1 Å². The molecule has 1 atom stereocenters. The van der Waals surface area contributed by atoms with Crippen molar-refractivity contribution in [1.82, 2.24) is 10.6 Å². The number of hydrogen-bond acceptors (Lipinski definition) is 6. The van der Waals surface area contributed by atoms with E-state index < -0.39 is 19.0 Å². The number of para-hydroxylation sites is 1. The van der Waals surface area contributed by atoms with Gasteiger partial charge in [0.25, 0.3) is 0 Å². The van der Waals surface area contributed by atoms with E-state index in [4.69, 9.17) is 10.4 Å². The summed E-state index contributed by atoms with van der Waals surface area (Å²) in [6.45, 7) is 0.882. The van der Waals surface area contributed by atoms with Crippen LogP contribution in [0.15, 0.2) is 18.2 Å². The van der Waals surface area contributed by atoms with Gasteiger partial charge in [0.1, 0.15) is 5.75 Å². The van der Waals surface area contributed by atoms with Crippen molar-refractivity contribution in [3.63, 3.8) is 0 Å². The maximum atomic E-state index is 12.6. The molecule has 1 aromatic rings. The van der Waals surface area contributed by atoms with E-state index >= 15 is 0 Å². The molecule has 1 aromatic carbocycles. The Morgan fingerprint density at radius 3 is 2.63 bits per heavy atom. The van der Waals surface area contributed by atoms with Crippen LogP contribution in [0.1, 0.15) is 60.9 Å². The second-order valence-corrected chi connectivity index (χ2v) is 9.15. The highest BCUT2D eigenvalue weighted by molar-refractivity contribution is 6.47. The molecule has 0 bridgehead atoms. The summed E-state index contributed by atoms with van der Waals surface area (Å²) in [5.74, 6) is -1.28. The lowest BCUT2D eigenvalue weighted by Gasteiger charge is -2.31. The number of rotatable bonds is 7. The molecule has 8 nitrogen and oxygen atoms in total. The summed E-state index contributed by atoms with van der Waals surface area (Å²) in [5, 5.41) is 26.0. The van der Waals surface area contributed by atoms with Crippen LogP contribution in [0.5, 0.6) is 5.75 Å². The molecule has 2 fully saturated rings. The van der Waals surface area contributed by atoms with Crippen LogP contribution in [0.4, 0.5) is 0 Å². The average Bonchev–Trinajstić information content (AvgIpc) is 3.45. The van der Waals surface area contributed by atoms with E-state index in [1.165, 1.54) is 6.07 Å². The Bertz CT molecular complexity index is 808. The van der Waals surface area contributed by atoms with Gasteiger partial charge in [-0.15, -0.1) is 0 Å². The lowest BCUT2D eigenvalue weighted by atomic mass is 9.72. The number of fused-ring (bicyclic) bond motifs is 1. The van der Waals surface area contributed by atoms with Crippen molar-refractivity contribution in [2.75, 3.05) is 6.54 Å². The first kappa shape index (κ1) is 21.1. The van der Waals surface area contributed by atoms with Gasteiger partial charge in [0, 0.05) is 24.5 Å². The summed E-state index contributed by atoms with van der Waals surface area (Å²) >= 11 is 0. The zero-order valence-electron chi connectivity index (χ0n) is 17.1. The molecular weight excluding hydrogens is 385 g/mol. The molecule has 1 heterocycles. The average molecular weight is 415 g/mol. The quantitative estimate of drug-likeness (QED) is 0.417. The van der Waals surface area contributed by atoms with Crippen LogP contribution < -0.4 is 21.0 Å². The molecule has 6 N–H and O–H groups in total. The summed E-state index contributed by atoms with van der Waals surface area (Å²) in [6, 6.07) is 5.33. The topological polar surface area (TPSA) is 134 Å². The zero-order valence-corrected chi connectivity index (χ0v) is 17.1. The van der Waals surface area contributed by atoms with Gasteiger partial charge in [-0.25, -0.2) is 4.79 Å². The maximum Gasteiger partial charge on any atom is 0.547 e. The van der Waals surface area contributed by atoms with Crippen LogP contribution in [0.3, 0.4) is 0 Å². The van der Waals surface area contributed by atoms with Crippen LogP contribution in [-0.2, 0) is 11.2 Å². The van der Waals surface area contributed by atoms with E-state index in [-0.39, 0.29) is 22.8 Å². The van der Waals surface area contributed by atoms with Crippen molar-refractivity contribution >= 4 is 19.0 Å². The van der Waals surface area contributed by atoms with Crippen molar-refractivity contribution in [3.05, 3.63) is 29.3 Å². The van der Waals surface area contributed by atoms with Gasteiger partial charge in [-0.05, 0) is 62.5 Å². The molecule has 0 spiro atoms. The fraction of sp³-hybridized carbons (Fsp3) is 0.619. The third-order valence-corrected chi connectivity index (χ3v) is 6.65. The van der Waals surface area contributed by atoms with Crippen LogP contribution in [0.2, 0.25) is 0 Å². The lowest BCUT2D eigenvalue weighted by molar-refractivity contribution is -0.122. The van der Waals surface area contributed by atoms with Gasteiger partial charge in [-0.3, -0.25) is 4.79 Å². The van der Waals surface area contributed by atoms with Gasteiger partial charge in [-0.2, -0.15) is 0 Å². The number of carbonyl (C=O) groups excluding carboxylic acids is 1. The minimum absolute atomic E-state index is 0.0173. The summed E-state index contributed by atoms with van der Waals surface area (Å²) in [5.41, 5.74) is 6.84. The third-order valence-electron chi connectivity index (χ3n) is 6.65. The van der Waals surface area contributed by atoms with Crippen LogP contribution in [-0.4, -0.2) is 53.2 Å². The first-order chi connectivity index (χ1) is 14.3. The van der Waals surface area contributed by atoms with Crippen molar-refractivity contribution in [1.29, 1.82) is 0 Å². The molecular formula is C21H30BN3O5. The lowest BCUT2D eigenvalue weighted by Crippen LogP contribution is -2.53. The van der Waals surface area contributed by atoms with Crippen molar-refractivity contribution in [2.45, 2.75) is 68.9 Å². The largest absolute Gasteiger partial charge is 0.547 e. The van der Waals surface area contributed by atoms with E-state index in [0.717, 1.165) is 45.1 Å². The molecule has 2 saturated carbocycles. The van der Waals surface area contributed by atoms with Gasteiger partial charge in [0.2, 0.25) is 5.91 Å². The molecule has 1 aliphatic heterocycles. The van der Waals surface area contributed by atoms with Gasteiger partial charge < -0.3 is 31.2 Å². The number of nitrogens with two attached hydrogens (primary N) is 1. The number of aromatic carboxylic acids is 1. The number of benzene rings is 1. The standard InChI is InChI=1S/C21H30BN3O5/c23-21(8-9-21)12-24-15-6-4-13(5-7-15)10-18(26)25-17-11-14-2-1-3-16(20(27)28)19(14)30-22(17)29/h1-3,13,15,17,24,29H,4-12,23H2,(H,25,26)(H,27,28)/t13?,15?,17-/m0/s1.